The summed E-state index contributed by atoms with van der Waals surface area (Å²) in [7, 11) is 0. The van der Waals surface area contributed by atoms with Crippen LogP contribution in [0.3, 0.4) is 0 Å². The molecular weight excluding hydrogens is 158 g/mol. The van der Waals surface area contributed by atoms with E-state index in [0.717, 1.165) is 12.8 Å². The third kappa shape index (κ3) is 3.50. The molecule has 1 amide bonds. The zero-order valence-corrected chi connectivity index (χ0v) is 7.45. The Labute approximate surface area is 72.0 Å². The molecule has 0 radical (unpaired) electrons. The molecule has 4 heteroatoms. The molecule has 0 aromatic heterocycles. The highest BCUT2D eigenvalue weighted by Crippen LogP contribution is 2.08. The van der Waals surface area contributed by atoms with Gasteiger partial charge in [-0.05, 0) is 19.8 Å². The van der Waals surface area contributed by atoms with E-state index < -0.39 is 5.91 Å². The van der Waals surface area contributed by atoms with Crippen LogP contribution >= 0.6 is 0 Å². The molecule has 0 spiro atoms. The van der Waals surface area contributed by atoms with Crippen molar-refractivity contribution in [1.29, 1.82) is 0 Å². The Kier molecular flexibility index (Phi) is 5.32. The standard InChI is InChI=1S/C8H15NO3/c1-3-5-6-7(4-2)8(10)9(11)12/h4,11-12H,3,5-6H2,1-2H3. The Balaban J connectivity index is 4.08. The van der Waals surface area contributed by atoms with Crippen molar-refractivity contribution in [2.24, 2.45) is 0 Å². The second kappa shape index (κ2) is 5.74. The minimum absolute atomic E-state index is 0.370. The minimum Gasteiger partial charge on any atom is -0.265 e. The number of unbranched alkanes of at least 4 members (excludes halogenated alkanes) is 1. The van der Waals surface area contributed by atoms with Crippen molar-refractivity contribution in [2.75, 3.05) is 0 Å². The summed E-state index contributed by atoms with van der Waals surface area (Å²) in [5.74, 6) is -0.744. The molecule has 0 aliphatic heterocycles. The summed E-state index contributed by atoms with van der Waals surface area (Å²) in [5, 5.41) is 16.5. The first kappa shape index (κ1) is 11.1. The van der Waals surface area contributed by atoms with E-state index in [2.05, 4.69) is 0 Å². The lowest BCUT2D eigenvalue weighted by Crippen LogP contribution is -2.24. The summed E-state index contributed by atoms with van der Waals surface area (Å²) in [4.78, 5) is 10.9. The molecule has 70 valence electrons. The van der Waals surface area contributed by atoms with Gasteiger partial charge in [-0.15, -0.1) is 0 Å². The number of hydroxylamine groups is 2. The van der Waals surface area contributed by atoms with E-state index in [0.29, 0.717) is 12.0 Å². The summed E-state index contributed by atoms with van der Waals surface area (Å²) < 4.78 is 0. The van der Waals surface area contributed by atoms with Crippen LogP contribution in [0.4, 0.5) is 0 Å². The van der Waals surface area contributed by atoms with Gasteiger partial charge in [0.15, 0.2) is 0 Å². The van der Waals surface area contributed by atoms with Gasteiger partial charge in [-0.1, -0.05) is 24.6 Å². The van der Waals surface area contributed by atoms with E-state index in [4.69, 9.17) is 10.4 Å². The summed E-state index contributed by atoms with van der Waals surface area (Å²) in [6, 6.07) is 0. The lowest BCUT2D eigenvalue weighted by molar-refractivity contribution is -0.281. The first-order valence-corrected chi connectivity index (χ1v) is 4.00. The zero-order chi connectivity index (χ0) is 9.56. The maximum absolute atomic E-state index is 10.9. The molecule has 0 aromatic carbocycles. The van der Waals surface area contributed by atoms with Crippen molar-refractivity contribution in [3.63, 3.8) is 0 Å². The summed E-state index contributed by atoms with van der Waals surface area (Å²) in [5.41, 5.74) is 0.432. The highest BCUT2D eigenvalue weighted by Gasteiger charge is 2.12. The van der Waals surface area contributed by atoms with Crippen LogP contribution in [0.2, 0.25) is 0 Å². The maximum atomic E-state index is 10.9. The summed E-state index contributed by atoms with van der Waals surface area (Å²) >= 11 is 0. The number of amides is 1. The van der Waals surface area contributed by atoms with Crippen molar-refractivity contribution in [3.8, 4) is 0 Å². The van der Waals surface area contributed by atoms with E-state index in [-0.39, 0.29) is 5.23 Å². The summed E-state index contributed by atoms with van der Waals surface area (Å²) in [6.07, 6.45) is 4.03. The maximum Gasteiger partial charge on any atom is 0.299 e. The van der Waals surface area contributed by atoms with E-state index in [1.165, 1.54) is 0 Å². The smallest absolute Gasteiger partial charge is 0.265 e. The Hall–Kier alpha value is -0.870. The van der Waals surface area contributed by atoms with Gasteiger partial charge in [0, 0.05) is 5.57 Å². The van der Waals surface area contributed by atoms with Gasteiger partial charge in [-0.3, -0.25) is 15.2 Å². The Morgan fingerprint density at radius 1 is 1.50 bits per heavy atom. The number of hydrogen-bond donors (Lipinski definition) is 2. The highest BCUT2D eigenvalue weighted by molar-refractivity contribution is 5.91. The molecule has 0 aliphatic carbocycles. The lowest BCUT2D eigenvalue weighted by Gasteiger charge is -2.08. The normalized spacial score (nSPS) is 11.5. The second-order valence-electron chi connectivity index (χ2n) is 2.51. The number of carbonyl (C=O) groups excluding carboxylic acids is 1. The molecule has 0 rings (SSSR count). The van der Waals surface area contributed by atoms with Crippen LogP contribution in [0.5, 0.6) is 0 Å². The number of rotatable bonds is 4. The number of carbonyl (C=O) groups is 1. The average molecular weight is 173 g/mol. The third-order valence-electron chi connectivity index (χ3n) is 1.60. The first-order chi connectivity index (χ1) is 5.63. The third-order valence-corrected chi connectivity index (χ3v) is 1.60. The van der Waals surface area contributed by atoms with Gasteiger partial charge in [0.05, 0.1) is 0 Å². The molecule has 0 unspecified atom stereocenters. The van der Waals surface area contributed by atoms with Crippen LogP contribution in [0.25, 0.3) is 0 Å². The SMILES string of the molecule is CC=C(CCCC)C(=O)N(O)O. The van der Waals surface area contributed by atoms with Crippen LogP contribution in [0.1, 0.15) is 33.1 Å². The Morgan fingerprint density at radius 2 is 2.08 bits per heavy atom. The van der Waals surface area contributed by atoms with Crippen LogP contribution < -0.4 is 0 Å². The van der Waals surface area contributed by atoms with Crippen molar-refractivity contribution in [1.82, 2.24) is 5.23 Å². The fraction of sp³-hybridized carbons (Fsp3) is 0.625. The Morgan fingerprint density at radius 3 is 2.42 bits per heavy atom. The van der Waals surface area contributed by atoms with Gasteiger partial charge in [-0.25, -0.2) is 0 Å². The molecule has 0 fully saturated rings. The molecule has 0 atom stereocenters. The quantitative estimate of drug-likeness (QED) is 0.386. The van der Waals surface area contributed by atoms with Gasteiger partial charge in [0.2, 0.25) is 0 Å². The number of allylic oxidation sites excluding steroid dienone is 1. The predicted octanol–water partition coefficient (Wildman–Crippen LogP) is 1.73. The molecule has 0 saturated heterocycles. The Bertz CT molecular complexity index is 175. The fourth-order valence-corrected chi connectivity index (χ4v) is 0.870. The molecule has 0 aromatic rings. The number of nitrogens with zero attached hydrogens (tertiary/aromatic N) is 1. The van der Waals surface area contributed by atoms with Gasteiger partial charge < -0.3 is 0 Å². The van der Waals surface area contributed by atoms with E-state index in [1.54, 1.807) is 13.0 Å². The van der Waals surface area contributed by atoms with Crippen LogP contribution in [0.15, 0.2) is 11.6 Å². The average Bonchev–Trinajstić information content (AvgIpc) is 2.05. The van der Waals surface area contributed by atoms with Crippen LogP contribution in [-0.2, 0) is 4.79 Å². The van der Waals surface area contributed by atoms with E-state index >= 15 is 0 Å². The van der Waals surface area contributed by atoms with Gasteiger partial charge in [0.25, 0.3) is 5.91 Å². The highest BCUT2D eigenvalue weighted by atomic mass is 16.8. The van der Waals surface area contributed by atoms with Gasteiger partial charge >= 0.3 is 0 Å². The van der Waals surface area contributed by atoms with Crippen molar-refractivity contribution >= 4 is 5.91 Å². The zero-order valence-electron chi connectivity index (χ0n) is 7.45. The fourth-order valence-electron chi connectivity index (χ4n) is 0.870. The second-order valence-corrected chi connectivity index (χ2v) is 2.51. The minimum atomic E-state index is -0.744. The van der Waals surface area contributed by atoms with Gasteiger partial charge in [-0.2, -0.15) is 0 Å². The van der Waals surface area contributed by atoms with Crippen molar-refractivity contribution in [3.05, 3.63) is 11.6 Å². The van der Waals surface area contributed by atoms with Gasteiger partial charge in [0.1, 0.15) is 0 Å². The molecule has 0 heterocycles. The molecule has 12 heavy (non-hydrogen) atoms. The predicted molar refractivity (Wildman–Crippen MR) is 43.7 cm³/mol. The summed E-state index contributed by atoms with van der Waals surface area (Å²) in [6.45, 7) is 3.71. The van der Waals surface area contributed by atoms with Crippen molar-refractivity contribution < 1.29 is 15.2 Å². The monoisotopic (exact) mass is 173 g/mol. The topological polar surface area (TPSA) is 60.8 Å². The lowest BCUT2D eigenvalue weighted by atomic mass is 10.1. The van der Waals surface area contributed by atoms with E-state index in [1.807, 2.05) is 6.92 Å². The molecule has 0 aliphatic rings. The molecule has 4 nitrogen and oxygen atoms in total. The van der Waals surface area contributed by atoms with Crippen LogP contribution in [-0.4, -0.2) is 21.5 Å². The molecule has 0 bridgehead atoms. The van der Waals surface area contributed by atoms with E-state index in [9.17, 15) is 4.79 Å². The largest absolute Gasteiger partial charge is 0.299 e. The van der Waals surface area contributed by atoms with Crippen LogP contribution in [0, 0.1) is 0 Å². The molecule has 0 saturated carbocycles. The molecular formula is C8H15NO3. The van der Waals surface area contributed by atoms with Crippen molar-refractivity contribution in [2.45, 2.75) is 33.1 Å². The first-order valence-electron chi connectivity index (χ1n) is 4.00. The molecule has 2 N–H and O–H groups in total. The number of hydrogen-bond acceptors (Lipinski definition) is 3.